The standard InChI is InChI=1S/C24H18BrClO2/c25-16-24(19-11-13-20(26)14-12-19)15-21(22(27)17-7-3-1-4-8-17)23(28-24)18-9-5-2-6-10-18/h1-14H,15-16H2. The maximum absolute atomic E-state index is 13.3. The maximum Gasteiger partial charge on any atom is 0.192 e. The Bertz CT molecular complexity index is 1010. The van der Waals surface area contributed by atoms with Crippen LogP contribution in [0.4, 0.5) is 0 Å². The average molecular weight is 454 g/mol. The average Bonchev–Trinajstić information content (AvgIpc) is 3.16. The number of benzene rings is 3. The first-order chi connectivity index (χ1) is 13.6. The Morgan fingerprint density at radius 1 is 0.929 bits per heavy atom. The highest BCUT2D eigenvalue weighted by atomic mass is 79.9. The molecule has 3 aromatic rings. The second kappa shape index (κ2) is 7.94. The van der Waals surface area contributed by atoms with E-state index in [4.69, 9.17) is 16.3 Å². The molecule has 1 unspecified atom stereocenters. The van der Waals surface area contributed by atoms with Gasteiger partial charge in [0.1, 0.15) is 11.4 Å². The van der Waals surface area contributed by atoms with Gasteiger partial charge in [0.25, 0.3) is 0 Å². The molecule has 0 aliphatic carbocycles. The Morgan fingerprint density at radius 2 is 1.54 bits per heavy atom. The molecule has 0 aromatic heterocycles. The lowest BCUT2D eigenvalue weighted by Gasteiger charge is -2.28. The van der Waals surface area contributed by atoms with Gasteiger partial charge in [0.05, 0.1) is 0 Å². The van der Waals surface area contributed by atoms with Gasteiger partial charge in [0.2, 0.25) is 0 Å². The molecule has 3 aromatic carbocycles. The Morgan fingerprint density at radius 3 is 2.14 bits per heavy atom. The van der Waals surface area contributed by atoms with Crippen molar-refractivity contribution in [3.05, 3.63) is 112 Å². The lowest BCUT2D eigenvalue weighted by molar-refractivity contribution is 0.0825. The molecule has 140 valence electrons. The number of alkyl halides is 1. The van der Waals surface area contributed by atoms with Crippen molar-refractivity contribution >= 4 is 39.1 Å². The largest absolute Gasteiger partial charge is 0.480 e. The Kier molecular flexibility index (Phi) is 5.38. The van der Waals surface area contributed by atoms with Gasteiger partial charge in [-0.1, -0.05) is 100 Å². The number of rotatable bonds is 5. The summed E-state index contributed by atoms with van der Waals surface area (Å²) >= 11 is 9.70. The van der Waals surface area contributed by atoms with Crippen molar-refractivity contribution < 1.29 is 9.53 Å². The number of hydrogen-bond donors (Lipinski definition) is 0. The SMILES string of the molecule is O=C(C1=C(c2ccccc2)OC(CBr)(c2ccc(Cl)cc2)C1)c1ccccc1. The van der Waals surface area contributed by atoms with Crippen LogP contribution in [0.3, 0.4) is 0 Å². The molecule has 0 bridgehead atoms. The fourth-order valence-electron chi connectivity index (χ4n) is 3.50. The van der Waals surface area contributed by atoms with Crippen LogP contribution in [0.25, 0.3) is 5.76 Å². The van der Waals surface area contributed by atoms with Gasteiger partial charge in [0, 0.05) is 33.5 Å². The van der Waals surface area contributed by atoms with E-state index in [-0.39, 0.29) is 5.78 Å². The van der Waals surface area contributed by atoms with Crippen LogP contribution in [0.2, 0.25) is 5.02 Å². The van der Waals surface area contributed by atoms with Crippen LogP contribution in [0.5, 0.6) is 0 Å². The minimum absolute atomic E-state index is 0.00348. The molecule has 1 heterocycles. The molecular formula is C24H18BrClO2. The highest BCUT2D eigenvalue weighted by molar-refractivity contribution is 9.09. The first kappa shape index (κ1) is 19.0. The van der Waals surface area contributed by atoms with E-state index in [2.05, 4.69) is 15.9 Å². The predicted octanol–water partition coefficient (Wildman–Crippen LogP) is 6.64. The third kappa shape index (κ3) is 3.52. The monoisotopic (exact) mass is 452 g/mol. The summed E-state index contributed by atoms with van der Waals surface area (Å²) in [7, 11) is 0. The number of ether oxygens (including phenoxy) is 1. The van der Waals surface area contributed by atoms with E-state index in [0.717, 1.165) is 11.1 Å². The van der Waals surface area contributed by atoms with Gasteiger partial charge in [-0.3, -0.25) is 4.79 Å². The zero-order valence-electron chi connectivity index (χ0n) is 15.1. The Hall–Kier alpha value is -2.36. The van der Waals surface area contributed by atoms with Gasteiger partial charge in [0.15, 0.2) is 5.78 Å². The lowest BCUT2D eigenvalue weighted by Crippen LogP contribution is -2.28. The summed E-state index contributed by atoms with van der Waals surface area (Å²) < 4.78 is 6.53. The zero-order chi connectivity index (χ0) is 19.6. The van der Waals surface area contributed by atoms with Gasteiger partial charge in [-0.25, -0.2) is 0 Å². The van der Waals surface area contributed by atoms with Gasteiger partial charge in [-0.05, 0) is 17.7 Å². The summed E-state index contributed by atoms with van der Waals surface area (Å²) in [5.41, 5.74) is 2.58. The molecule has 4 heteroatoms. The number of halogens is 2. The van der Waals surface area contributed by atoms with Crippen LogP contribution in [-0.4, -0.2) is 11.1 Å². The van der Waals surface area contributed by atoms with Gasteiger partial charge in [-0.2, -0.15) is 0 Å². The maximum atomic E-state index is 13.3. The molecule has 1 atom stereocenters. The molecular weight excluding hydrogens is 436 g/mol. The summed E-state index contributed by atoms with van der Waals surface area (Å²) in [6.07, 6.45) is 0.484. The number of ketones is 1. The summed E-state index contributed by atoms with van der Waals surface area (Å²) in [5, 5.41) is 1.23. The molecule has 0 amide bonds. The van der Waals surface area contributed by atoms with Crippen molar-refractivity contribution in [3.8, 4) is 0 Å². The van der Waals surface area contributed by atoms with E-state index in [1.807, 2.05) is 84.9 Å². The number of hydrogen-bond acceptors (Lipinski definition) is 2. The van der Waals surface area contributed by atoms with Crippen LogP contribution in [0.1, 0.15) is 27.9 Å². The lowest BCUT2D eigenvalue weighted by atomic mass is 9.87. The van der Waals surface area contributed by atoms with Crippen molar-refractivity contribution in [3.63, 3.8) is 0 Å². The van der Waals surface area contributed by atoms with Crippen molar-refractivity contribution in [2.75, 3.05) is 5.33 Å². The molecule has 4 rings (SSSR count). The van der Waals surface area contributed by atoms with E-state index >= 15 is 0 Å². The van der Waals surface area contributed by atoms with E-state index in [0.29, 0.717) is 33.7 Å². The fourth-order valence-corrected chi connectivity index (χ4v) is 4.26. The zero-order valence-corrected chi connectivity index (χ0v) is 17.4. The molecule has 1 aliphatic rings. The third-order valence-corrected chi connectivity index (χ3v) is 6.12. The molecule has 0 saturated carbocycles. The topological polar surface area (TPSA) is 26.3 Å². The third-order valence-electron chi connectivity index (χ3n) is 4.97. The normalized spacial score (nSPS) is 18.8. The molecule has 0 radical (unpaired) electrons. The number of Topliss-reactive ketones (excluding diaryl/α,β-unsaturated/α-hetero) is 1. The van der Waals surface area contributed by atoms with E-state index in [1.165, 1.54) is 0 Å². The molecule has 0 N–H and O–H groups in total. The van der Waals surface area contributed by atoms with Gasteiger partial charge in [-0.15, -0.1) is 0 Å². The van der Waals surface area contributed by atoms with Crippen LogP contribution < -0.4 is 0 Å². The van der Waals surface area contributed by atoms with Crippen molar-refractivity contribution in [2.24, 2.45) is 0 Å². The first-order valence-corrected chi connectivity index (χ1v) is 10.5. The molecule has 0 fully saturated rings. The quantitative estimate of drug-likeness (QED) is 0.319. The Balaban J connectivity index is 1.81. The highest BCUT2D eigenvalue weighted by Gasteiger charge is 2.44. The van der Waals surface area contributed by atoms with Gasteiger partial charge < -0.3 is 4.74 Å². The van der Waals surface area contributed by atoms with E-state index < -0.39 is 5.60 Å². The molecule has 28 heavy (non-hydrogen) atoms. The van der Waals surface area contributed by atoms with Crippen molar-refractivity contribution in [2.45, 2.75) is 12.0 Å². The smallest absolute Gasteiger partial charge is 0.192 e. The minimum atomic E-state index is -0.657. The predicted molar refractivity (Wildman–Crippen MR) is 117 cm³/mol. The first-order valence-electron chi connectivity index (χ1n) is 9.02. The minimum Gasteiger partial charge on any atom is -0.480 e. The van der Waals surface area contributed by atoms with E-state index in [1.54, 1.807) is 0 Å². The number of carbonyl (C=O) groups is 1. The highest BCUT2D eigenvalue weighted by Crippen LogP contribution is 2.47. The fraction of sp³-hybridized carbons (Fsp3) is 0.125. The summed E-state index contributed by atoms with van der Waals surface area (Å²) in [4.78, 5) is 13.3. The summed E-state index contributed by atoms with van der Waals surface area (Å²) in [6.45, 7) is 0. The molecule has 0 spiro atoms. The van der Waals surface area contributed by atoms with Crippen molar-refractivity contribution in [1.82, 2.24) is 0 Å². The second-order valence-corrected chi connectivity index (χ2v) is 7.78. The number of carbonyl (C=O) groups excluding carboxylic acids is 1. The van der Waals surface area contributed by atoms with Crippen LogP contribution in [0.15, 0.2) is 90.5 Å². The molecule has 0 saturated heterocycles. The van der Waals surface area contributed by atoms with Crippen LogP contribution in [-0.2, 0) is 10.3 Å². The van der Waals surface area contributed by atoms with Gasteiger partial charge >= 0.3 is 0 Å². The summed E-state index contributed by atoms with van der Waals surface area (Å²) in [5.74, 6) is 0.639. The van der Waals surface area contributed by atoms with Crippen LogP contribution >= 0.6 is 27.5 Å². The second-order valence-electron chi connectivity index (χ2n) is 6.78. The molecule has 2 nitrogen and oxygen atoms in total. The summed E-state index contributed by atoms with van der Waals surface area (Å²) in [6, 6.07) is 26.8. The van der Waals surface area contributed by atoms with E-state index in [9.17, 15) is 4.79 Å². The van der Waals surface area contributed by atoms with Crippen LogP contribution in [0, 0.1) is 0 Å². The Labute approximate surface area is 177 Å². The molecule has 1 aliphatic heterocycles. The van der Waals surface area contributed by atoms with Crippen molar-refractivity contribution in [1.29, 1.82) is 0 Å².